The molecule has 0 aliphatic carbocycles. The Balaban J connectivity index is 1.40. The van der Waals surface area contributed by atoms with Crippen molar-refractivity contribution in [3.63, 3.8) is 0 Å². The minimum Gasteiger partial charge on any atom is -0.350 e. The number of nitrogens with zero attached hydrogens (tertiary/aromatic N) is 3. The fourth-order valence-corrected chi connectivity index (χ4v) is 3.31. The Bertz CT molecular complexity index is 1050. The van der Waals surface area contributed by atoms with Crippen LogP contribution in [0.15, 0.2) is 54.6 Å². The topological polar surface area (TPSA) is 67.2 Å². The third kappa shape index (κ3) is 4.30. The van der Waals surface area contributed by atoms with Crippen LogP contribution in [-0.2, 0) is 17.9 Å². The number of fused-ring (bicyclic) bond motifs is 1. The molecule has 2 heterocycles. The number of hydrogen-bond acceptors (Lipinski definition) is 3. The summed E-state index contributed by atoms with van der Waals surface area (Å²) in [6.45, 7) is 1.15. The molecule has 0 radical (unpaired) electrons. The van der Waals surface area contributed by atoms with Crippen molar-refractivity contribution in [2.45, 2.75) is 13.1 Å². The van der Waals surface area contributed by atoms with E-state index in [9.17, 15) is 14.0 Å². The summed E-state index contributed by atoms with van der Waals surface area (Å²) in [5, 5.41) is 7.88. The number of aromatic nitrogens is 2. The Labute approximate surface area is 171 Å². The summed E-state index contributed by atoms with van der Waals surface area (Å²) >= 11 is 5.92. The SMILES string of the molecule is O=C(CN1CCn2nc(-c3ccc(Cl)cc3)cc2C1=O)NCc1ccc(F)cc1. The van der Waals surface area contributed by atoms with Gasteiger partial charge >= 0.3 is 0 Å². The van der Waals surface area contributed by atoms with E-state index in [4.69, 9.17) is 11.6 Å². The normalized spacial score (nSPS) is 13.3. The van der Waals surface area contributed by atoms with E-state index in [0.29, 0.717) is 29.5 Å². The lowest BCUT2D eigenvalue weighted by atomic mass is 10.1. The summed E-state index contributed by atoms with van der Waals surface area (Å²) in [6.07, 6.45) is 0. The predicted molar refractivity (Wildman–Crippen MR) is 107 cm³/mol. The minimum atomic E-state index is -0.325. The van der Waals surface area contributed by atoms with Gasteiger partial charge in [-0.25, -0.2) is 4.39 Å². The van der Waals surface area contributed by atoms with Crippen LogP contribution in [0.2, 0.25) is 5.02 Å². The van der Waals surface area contributed by atoms with Gasteiger partial charge in [-0.05, 0) is 35.9 Å². The smallest absolute Gasteiger partial charge is 0.272 e. The lowest BCUT2D eigenvalue weighted by molar-refractivity contribution is -0.122. The van der Waals surface area contributed by atoms with Crippen molar-refractivity contribution in [2.75, 3.05) is 13.1 Å². The zero-order chi connectivity index (χ0) is 20.4. The molecule has 148 valence electrons. The minimum absolute atomic E-state index is 0.0402. The maximum absolute atomic E-state index is 12.9. The molecule has 1 aliphatic rings. The standard InChI is InChI=1S/C21H18ClFN4O2/c22-16-5-3-15(4-6-16)18-11-19-21(29)26(9-10-27(19)25-18)13-20(28)24-12-14-1-7-17(23)8-2-14/h1-8,11H,9-10,12-13H2,(H,24,28). The van der Waals surface area contributed by atoms with Gasteiger partial charge in [-0.3, -0.25) is 14.3 Å². The number of rotatable bonds is 5. The van der Waals surface area contributed by atoms with Crippen LogP contribution in [0.4, 0.5) is 4.39 Å². The fraction of sp³-hybridized carbons (Fsp3) is 0.190. The molecule has 3 aromatic rings. The summed E-state index contributed by atoms with van der Waals surface area (Å²) in [5.74, 6) is -0.831. The van der Waals surface area contributed by atoms with E-state index >= 15 is 0 Å². The maximum atomic E-state index is 12.9. The zero-order valence-corrected chi connectivity index (χ0v) is 16.2. The quantitative estimate of drug-likeness (QED) is 0.700. The van der Waals surface area contributed by atoms with Crippen molar-refractivity contribution in [3.8, 4) is 11.3 Å². The molecule has 6 nitrogen and oxygen atoms in total. The molecule has 1 N–H and O–H groups in total. The number of carbonyl (C=O) groups excluding carboxylic acids is 2. The van der Waals surface area contributed by atoms with Gasteiger partial charge in [0, 0.05) is 23.7 Å². The van der Waals surface area contributed by atoms with Crippen LogP contribution in [-0.4, -0.2) is 39.6 Å². The maximum Gasteiger partial charge on any atom is 0.272 e. The largest absolute Gasteiger partial charge is 0.350 e. The third-order valence-electron chi connectivity index (χ3n) is 4.75. The van der Waals surface area contributed by atoms with E-state index < -0.39 is 0 Å². The van der Waals surface area contributed by atoms with Gasteiger partial charge in [-0.1, -0.05) is 35.9 Å². The molecule has 0 bridgehead atoms. The second-order valence-electron chi connectivity index (χ2n) is 6.77. The van der Waals surface area contributed by atoms with Crippen LogP contribution in [0, 0.1) is 5.82 Å². The Hall–Kier alpha value is -3.19. The molecule has 0 unspecified atom stereocenters. The van der Waals surface area contributed by atoms with Crippen LogP contribution in [0.3, 0.4) is 0 Å². The van der Waals surface area contributed by atoms with Crippen molar-refractivity contribution in [1.29, 1.82) is 0 Å². The van der Waals surface area contributed by atoms with Gasteiger partial charge in [-0.2, -0.15) is 5.10 Å². The van der Waals surface area contributed by atoms with Gasteiger partial charge < -0.3 is 10.2 Å². The molecular formula is C21H18ClFN4O2. The van der Waals surface area contributed by atoms with E-state index in [1.165, 1.54) is 17.0 Å². The molecule has 2 amide bonds. The Morgan fingerprint density at radius 3 is 2.55 bits per heavy atom. The molecule has 0 spiro atoms. The average Bonchev–Trinajstić information content (AvgIpc) is 3.15. The highest BCUT2D eigenvalue weighted by molar-refractivity contribution is 6.30. The first-order valence-electron chi connectivity index (χ1n) is 9.14. The van der Waals surface area contributed by atoms with Crippen molar-refractivity contribution in [3.05, 3.63) is 76.7 Å². The molecule has 0 saturated heterocycles. The van der Waals surface area contributed by atoms with Gasteiger partial charge in [0.05, 0.1) is 18.8 Å². The first kappa shape index (κ1) is 19.1. The second-order valence-corrected chi connectivity index (χ2v) is 7.21. The van der Waals surface area contributed by atoms with Gasteiger partial charge in [-0.15, -0.1) is 0 Å². The summed E-state index contributed by atoms with van der Waals surface area (Å²) in [7, 11) is 0. The van der Waals surface area contributed by atoms with Crippen molar-refractivity contribution >= 4 is 23.4 Å². The number of halogens is 2. The van der Waals surface area contributed by atoms with Crippen molar-refractivity contribution < 1.29 is 14.0 Å². The highest BCUT2D eigenvalue weighted by atomic mass is 35.5. The first-order valence-corrected chi connectivity index (χ1v) is 9.51. The molecule has 29 heavy (non-hydrogen) atoms. The van der Waals surface area contributed by atoms with Crippen molar-refractivity contribution in [2.24, 2.45) is 0 Å². The van der Waals surface area contributed by atoms with E-state index in [1.807, 2.05) is 12.1 Å². The van der Waals surface area contributed by atoms with Crippen molar-refractivity contribution in [1.82, 2.24) is 20.0 Å². The molecule has 0 saturated carbocycles. The highest BCUT2D eigenvalue weighted by Gasteiger charge is 2.28. The zero-order valence-electron chi connectivity index (χ0n) is 15.4. The van der Waals surface area contributed by atoms with E-state index in [0.717, 1.165) is 11.1 Å². The Kier molecular flexibility index (Phi) is 5.31. The molecule has 8 heteroatoms. The molecule has 0 atom stereocenters. The molecule has 4 rings (SSSR count). The number of amides is 2. The van der Waals surface area contributed by atoms with Gasteiger partial charge in [0.1, 0.15) is 11.5 Å². The number of nitrogens with one attached hydrogen (secondary N) is 1. The van der Waals surface area contributed by atoms with Crippen LogP contribution in [0.1, 0.15) is 16.1 Å². The van der Waals surface area contributed by atoms with Gasteiger partial charge in [0.15, 0.2) is 0 Å². The first-order chi connectivity index (χ1) is 14.0. The summed E-state index contributed by atoms with van der Waals surface area (Å²) in [6, 6.07) is 14.9. The van der Waals surface area contributed by atoms with E-state index in [1.54, 1.807) is 35.0 Å². The Morgan fingerprint density at radius 1 is 1.10 bits per heavy atom. The van der Waals surface area contributed by atoms with Gasteiger partial charge in [0.2, 0.25) is 5.91 Å². The van der Waals surface area contributed by atoms with E-state index in [-0.39, 0.29) is 30.7 Å². The predicted octanol–water partition coefficient (Wildman–Crippen LogP) is 3.11. The third-order valence-corrected chi connectivity index (χ3v) is 5.00. The van der Waals surface area contributed by atoms with Gasteiger partial charge in [0.25, 0.3) is 5.91 Å². The van der Waals surface area contributed by atoms with Crippen LogP contribution in [0.25, 0.3) is 11.3 Å². The molecular weight excluding hydrogens is 395 g/mol. The highest BCUT2D eigenvalue weighted by Crippen LogP contribution is 2.23. The van der Waals surface area contributed by atoms with E-state index in [2.05, 4.69) is 10.4 Å². The fourth-order valence-electron chi connectivity index (χ4n) is 3.18. The number of hydrogen-bond donors (Lipinski definition) is 1. The second kappa shape index (κ2) is 8.05. The lowest BCUT2D eigenvalue weighted by Crippen LogP contribution is -2.45. The molecule has 1 aliphatic heterocycles. The summed E-state index contributed by atoms with van der Waals surface area (Å²) < 4.78 is 14.6. The lowest BCUT2D eigenvalue weighted by Gasteiger charge is -2.26. The molecule has 1 aromatic heterocycles. The monoisotopic (exact) mass is 412 g/mol. The molecule has 0 fully saturated rings. The van der Waals surface area contributed by atoms with Crippen LogP contribution in [0.5, 0.6) is 0 Å². The summed E-state index contributed by atoms with van der Waals surface area (Å²) in [5.41, 5.74) is 2.79. The number of benzene rings is 2. The summed E-state index contributed by atoms with van der Waals surface area (Å²) in [4.78, 5) is 26.5. The average molecular weight is 413 g/mol. The Morgan fingerprint density at radius 2 is 1.83 bits per heavy atom. The van der Waals surface area contributed by atoms with Crippen LogP contribution < -0.4 is 5.32 Å². The van der Waals surface area contributed by atoms with Crippen LogP contribution >= 0.6 is 11.6 Å². The molecule has 2 aromatic carbocycles. The number of carbonyl (C=O) groups is 2.